The topological polar surface area (TPSA) is 137 Å². The molecule has 0 spiro atoms. The second kappa shape index (κ2) is 13.0. The molecule has 0 aliphatic carbocycles. The minimum absolute atomic E-state index is 0. The first-order valence-corrected chi connectivity index (χ1v) is 12.3. The molecule has 0 atom stereocenters. The van der Waals surface area contributed by atoms with Crippen LogP contribution >= 0.6 is 11.6 Å². The molecule has 1 amide bonds. The van der Waals surface area contributed by atoms with E-state index in [2.05, 4.69) is 25.6 Å². The first kappa shape index (κ1) is 31.4. The summed E-state index contributed by atoms with van der Waals surface area (Å²) in [6.45, 7) is 0.763. The molecule has 12 nitrogen and oxygen atoms in total. The van der Waals surface area contributed by atoms with Crippen LogP contribution < -0.4 is 32.4 Å². The van der Waals surface area contributed by atoms with Crippen molar-refractivity contribution in [3.63, 3.8) is 0 Å². The average Bonchev–Trinajstić information content (AvgIpc) is 3.25. The number of methoxy groups -OCH3 is 1. The van der Waals surface area contributed by atoms with Crippen LogP contribution in [0.25, 0.3) is 10.9 Å². The number of anilines is 3. The zero-order chi connectivity index (χ0) is 29.0. The predicted octanol–water partition coefficient (Wildman–Crippen LogP) is 1.59. The molecule has 0 bridgehead atoms. The van der Waals surface area contributed by atoms with Gasteiger partial charge in [-0.25, -0.2) is 14.4 Å². The van der Waals surface area contributed by atoms with Gasteiger partial charge in [-0.05, 0) is 40.2 Å². The number of imidazole rings is 1. The quantitative estimate of drug-likeness (QED) is 0.114. The molecular weight excluding hydrogens is 623 g/mol. The van der Waals surface area contributed by atoms with Gasteiger partial charge >= 0.3 is 5.82 Å². The van der Waals surface area contributed by atoms with Crippen LogP contribution in [0.15, 0.2) is 55.1 Å². The Balaban J connectivity index is 0.00000462. The number of ether oxygens (including phenoxy) is 1. The van der Waals surface area contributed by atoms with Gasteiger partial charge in [0, 0.05) is 30.3 Å². The van der Waals surface area contributed by atoms with E-state index >= 15 is 0 Å². The van der Waals surface area contributed by atoms with Crippen molar-refractivity contribution in [3.05, 3.63) is 81.8 Å². The largest absolute Gasteiger partial charge is 1.00 e. The highest BCUT2D eigenvalue weighted by atomic mass is 79.9. The Kier molecular flexibility index (Phi) is 9.97. The summed E-state index contributed by atoms with van der Waals surface area (Å²) in [6.07, 6.45) is 5.87. The molecular formula is C26H27BrClFN8O4. The molecule has 15 heteroatoms. The number of hydrogen-bond donors (Lipinski definition) is 2. The lowest BCUT2D eigenvalue weighted by atomic mass is 10.1. The SMILES string of the molecule is COc1cc2ncnc(Nc3ccc(F)c(Cl)c3)c2cc1NC(=O)/C=C/C[N+](C)(C)Cc1c([N+](=O)[O-])ncn1C.[Br-]. The van der Waals surface area contributed by atoms with Gasteiger partial charge in [-0.2, -0.15) is 0 Å². The molecule has 0 saturated heterocycles. The van der Waals surface area contributed by atoms with E-state index in [1.807, 2.05) is 14.1 Å². The van der Waals surface area contributed by atoms with E-state index in [9.17, 15) is 19.3 Å². The number of likely N-dealkylation sites (N-methyl/N-ethyl adjacent to an activating group) is 1. The van der Waals surface area contributed by atoms with Gasteiger partial charge < -0.3 is 51.5 Å². The average molecular weight is 650 g/mol. The fourth-order valence-corrected chi connectivity index (χ4v) is 4.21. The number of carbonyl (C=O) groups excluding carboxylic acids is 1. The van der Waals surface area contributed by atoms with E-state index < -0.39 is 16.6 Å². The zero-order valence-electron chi connectivity index (χ0n) is 22.6. The maximum absolute atomic E-state index is 13.6. The maximum Gasteiger partial charge on any atom is 0.390 e. The normalized spacial score (nSPS) is 11.4. The summed E-state index contributed by atoms with van der Waals surface area (Å²) in [5.41, 5.74) is 1.95. The third kappa shape index (κ3) is 7.54. The fourth-order valence-electron chi connectivity index (χ4n) is 4.03. The van der Waals surface area contributed by atoms with E-state index in [0.29, 0.717) is 57.1 Å². The maximum atomic E-state index is 13.6. The fraction of sp³-hybridized carbons (Fsp3) is 0.231. The van der Waals surface area contributed by atoms with Gasteiger partial charge in [-0.3, -0.25) is 4.79 Å². The number of carbonyl (C=O) groups is 1. The summed E-state index contributed by atoms with van der Waals surface area (Å²) >= 11 is 5.90. The van der Waals surface area contributed by atoms with E-state index in [-0.39, 0.29) is 27.8 Å². The second-order valence-electron chi connectivity index (χ2n) is 9.60. The number of amides is 1. The first-order valence-electron chi connectivity index (χ1n) is 12.0. The van der Waals surface area contributed by atoms with E-state index in [0.717, 1.165) is 0 Å². The molecule has 0 radical (unpaired) electrons. The van der Waals surface area contributed by atoms with Gasteiger partial charge in [0.25, 0.3) is 0 Å². The minimum atomic E-state index is -0.539. The molecule has 2 N–H and O–H groups in total. The van der Waals surface area contributed by atoms with Gasteiger partial charge in [0.15, 0.2) is 5.69 Å². The lowest BCUT2D eigenvalue weighted by Gasteiger charge is -2.28. The highest BCUT2D eigenvalue weighted by Crippen LogP contribution is 2.33. The van der Waals surface area contributed by atoms with E-state index in [1.165, 1.54) is 44.0 Å². The van der Waals surface area contributed by atoms with Crippen LogP contribution in [0, 0.1) is 15.9 Å². The van der Waals surface area contributed by atoms with Crippen molar-refractivity contribution in [2.24, 2.45) is 7.05 Å². The molecule has 0 fully saturated rings. The van der Waals surface area contributed by atoms with Crippen molar-refractivity contribution < 1.29 is 40.3 Å². The number of fused-ring (bicyclic) bond motifs is 1. The Morgan fingerprint density at radius 1 is 1.24 bits per heavy atom. The minimum Gasteiger partial charge on any atom is -1.00 e. The molecule has 0 unspecified atom stereocenters. The number of nitrogens with zero attached hydrogens (tertiary/aromatic N) is 6. The number of nitrogens with one attached hydrogen (secondary N) is 2. The molecule has 4 rings (SSSR count). The van der Waals surface area contributed by atoms with Crippen LogP contribution in [0.3, 0.4) is 0 Å². The Bertz CT molecular complexity index is 1630. The van der Waals surface area contributed by atoms with Crippen molar-refractivity contribution in [2.45, 2.75) is 6.54 Å². The van der Waals surface area contributed by atoms with Crippen molar-refractivity contribution in [3.8, 4) is 5.75 Å². The summed E-state index contributed by atoms with van der Waals surface area (Å²) in [5, 5.41) is 17.7. The zero-order valence-corrected chi connectivity index (χ0v) is 24.9. The Hall–Kier alpha value is -4.14. The monoisotopic (exact) mass is 648 g/mol. The van der Waals surface area contributed by atoms with Crippen molar-refractivity contribution in [1.29, 1.82) is 0 Å². The van der Waals surface area contributed by atoms with Crippen LogP contribution in [0.4, 0.5) is 27.4 Å². The number of halogens is 3. The van der Waals surface area contributed by atoms with Crippen molar-refractivity contribution in [1.82, 2.24) is 19.5 Å². The third-order valence-corrected chi connectivity index (χ3v) is 6.34. The van der Waals surface area contributed by atoms with Gasteiger partial charge in [0.2, 0.25) is 12.2 Å². The molecule has 2 aromatic carbocycles. The van der Waals surface area contributed by atoms with Gasteiger partial charge in [0.05, 0.1) is 44.0 Å². The smallest absolute Gasteiger partial charge is 0.390 e. The highest BCUT2D eigenvalue weighted by molar-refractivity contribution is 6.31. The van der Waals surface area contributed by atoms with Crippen molar-refractivity contribution >= 4 is 51.4 Å². The molecule has 0 saturated carbocycles. The molecule has 4 aromatic rings. The van der Waals surface area contributed by atoms with Crippen molar-refractivity contribution in [2.75, 3.05) is 38.4 Å². The number of aromatic nitrogens is 4. The molecule has 216 valence electrons. The third-order valence-electron chi connectivity index (χ3n) is 6.05. The summed E-state index contributed by atoms with van der Waals surface area (Å²) < 4.78 is 21.0. The van der Waals surface area contributed by atoms with E-state index in [4.69, 9.17) is 16.3 Å². The molecule has 0 aliphatic heterocycles. The number of hydrogen-bond acceptors (Lipinski definition) is 8. The Labute approximate surface area is 250 Å². The van der Waals surface area contributed by atoms with Crippen LogP contribution in [-0.4, -0.2) is 62.6 Å². The Morgan fingerprint density at radius 3 is 2.68 bits per heavy atom. The van der Waals surface area contributed by atoms with Gasteiger partial charge in [-0.15, -0.1) is 0 Å². The molecule has 0 aliphatic rings. The van der Waals surface area contributed by atoms with Crippen LogP contribution in [0.2, 0.25) is 5.02 Å². The molecule has 2 heterocycles. The highest BCUT2D eigenvalue weighted by Gasteiger charge is 2.27. The van der Waals surface area contributed by atoms with Crippen LogP contribution in [0.5, 0.6) is 5.75 Å². The number of benzene rings is 2. The first-order chi connectivity index (χ1) is 19.0. The lowest BCUT2D eigenvalue weighted by Crippen LogP contribution is -3.00. The summed E-state index contributed by atoms with van der Waals surface area (Å²) in [5.74, 6) is -0.309. The van der Waals surface area contributed by atoms with Gasteiger partial charge in [0.1, 0.15) is 30.3 Å². The van der Waals surface area contributed by atoms with Crippen LogP contribution in [0.1, 0.15) is 5.69 Å². The molecule has 2 aromatic heterocycles. The number of aryl methyl sites for hydroxylation is 1. The van der Waals surface area contributed by atoms with E-state index in [1.54, 1.807) is 29.8 Å². The summed E-state index contributed by atoms with van der Waals surface area (Å²) in [6, 6.07) is 7.55. The van der Waals surface area contributed by atoms with Crippen LogP contribution in [-0.2, 0) is 18.4 Å². The van der Waals surface area contributed by atoms with Gasteiger partial charge in [-0.1, -0.05) is 11.6 Å². The number of quaternary nitrogens is 1. The second-order valence-corrected chi connectivity index (χ2v) is 10.0. The number of nitro groups is 1. The summed E-state index contributed by atoms with van der Waals surface area (Å²) in [4.78, 5) is 36.0. The summed E-state index contributed by atoms with van der Waals surface area (Å²) in [7, 11) is 6.98. The molecule has 41 heavy (non-hydrogen) atoms. The standard InChI is InChI=1S/C26H26ClFN8O4.BrH/c1-34-15-31-26(35(38)39)22(34)13-36(2,3)9-5-6-24(37)33-21-11-17-20(12-23(21)40-4)29-14-30-25(17)32-16-7-8-19(28)18(27)10-16;/h5-8,10-12,14-15H,9,13H2,1-4H3,(H-,29,30,32,33,37);1H/b6-5+;. The predicted molar refractivity (Wildman–Crippen MR) is 149 cm³/mol. The Morgan fingerprint density at radius 2 is 2.00 bits per heavy atom. The number of rotatable bonds is 10. The lowest BCUT2D eigenvalue weighted by molar-refractivity contribution is -0.898.